The molecule has 2 aromatic heterocycles. The number of aliphatic hydroxyl groups is 1. The molecule has 1 atom stereocenters. The molecule has 0 aromatic carbocycles. The molecule has 0 fully saturated rings. The molecular formula is C10H8Br2OS2. The van der Waals surface area contributed by atoms with Crippen LogP contribution in [0.3, 0.4) is 0 Å². The Morgan fingerprint density at radius 1 is 1.40 bits per heavy atom. The summed E-state index contributed by atoms with van der Waals surface area (Å²) in [5, 5.41) is 14.1. The third-order valence-electron chi connectivity index (χ3n) is 2.00. The van der Waals surface area contributed by atoms with Crippen LogP contribution in [0.4, 0.5) is 0 Å². The summed E-state index contributed by atoms with van der Waals surface area (Å²) in [4.78, 5) is 0.986. The minimum absolute atomic E-state index is 0.410. The Morgan fingerprint density at radius 3 is 2.73 bits per heavy atom. The summed E-state index contributed by atoms with van der Waals surface area (Å²) >= 11 is 10.1. The molecule has 0 radical (unpaired) electrons. The summed E-state index contributed by atoms with van der Waals surface area (Å²) in [6.45, 7) is 0. The van der Waals surface area contributed by atoms with E-state index < -0.39 is 6.10 Å². The fourth-order valence-corrected chi connectivity index (χ4v) is 4.02. The molecule has 0 spiro atoms. The van der Waals surface area contributed by atoms with E-state index in [1.54, 1.807) is 22.7 Å². The largest absolute Gasteiger partial charge is 0.387 e. The third-order valence-corrected chi connectivity index (χ3v) is 6.09. The van der Waals surface area contributed by atoms with Gasteiger partial charge < -0.3 is 5.11 Å². The monoisotopic (exact) mass is 366 g/mol. The maximum atomic E-state index is 10.0. The molecular weight excluding hydrogens is 360 g/mol. The molecule has 5 heteroatoms. The van der Waals surface area contributed by atoms with Crippen LogP contribution in [-0.4, -0.2) is 5.11 Å². The van der Waals surface area contributed by atoms with Crippen molar-refractivity contribution < 1.29 is 5.11 Å². The normalized spacial score (nSPS) is 13.0. The van der Waals surface area contributed by atoms with E-state index in [2.05, 4.69) is 37.2 Å². The van der Waals surface area contributed by atoms with E-state index >= 15 is 0 Å². The first-order chi connectivity index (χ1) is 7.16. The van der Waals surface area contributed by atoms with Gasteiger partial charge in [0.2, 0.25) is 0 Å². The fraction of sp³-hybridized carbons (Fsp3) is 0.200. The lowest BCUT2D eigenvalue weighted by Gasteiger charge is -2.05. The number of thiophene rings is 2. The van der Waals surface area contributed by atoms with Crippen LogP contribution in [0.25, 0.3) is 0 Å². The molecule has 0 aliphatic rings. The standard InChI is InChI=1S/C10H8Br2OS2/c11-7-4-9(15-10(7)12)8(13)3-6-1-2-14-5-6/h1-2,4-5,8,13H,3H2. The van der Waals surface area contributed by atoms with Crippen molar-refractivity contribution in [2.24, 2.45) is 0 Å². The summed E-state index contributed by atoms with van der Waals surface area (Å²) in [6.07, 6.45) is 0.273. The molecule has 2 aromatic rings. The first kappa shape index (κ1) is 11.8. The zero-order valence-electron chi connectivity index (χ0n) is 7.61. The summed E-state index contributed by atoms with van der Waals surface area (Å²) < 4.78 is 2.04. The molecule has 15 heavy (non-hydrogen) atoms. The third kappa shape index (κ3) is 2.91. The first-order valence-electron chi connectivity index (χ1n) is 4.30. The predicted octanol–water partition coefficient (Wildman–Crippen LogP) is 4.61. The van der Waals surface area contributed by atoms with E-state index in [0.29, 0.717) is 6.42 Å². The molecule has 0 saturated heterocycles. The molecule has 2 rings (SSSR count). The Balaban J connectivity index is 2.11. The molecule has 2 heterocycles. The van der Waals surface area contributed by atoms with Gasteiger partial charge in [0.05, 0.1) is 9.89 Å². The average Bonchev–Trinajstić information content (AvgIpc) is 2.78. The van der Waals surface area contributed by atoms with Crippen LogP contribution in [0.2, 0.25) is 0 Å². The zero-order valence-corrected chi connectivity index (χ0v) is 12.4. The number of halogens is 2. The lowest BCUT2D eigenvalue weighted by molar-refractivity contribution is 0.182. The van der Waals surface area contributed by atoms with Gasteiger partial charge in [-0.2, -0.15) is 11.3 Å². The van der Waals surface area contributed by atoms with E-state index in [0.717, 1.165) is 13.1 Å². The van der Waals surface area contributed by atoms with Gasteiger partial charge in [-0.05, 0) is 60.3 Å². The van der Waals surface area contributed by atoms with Crippen molar-refractivity contribution in [2.45, 2.75) is 12.5 Å². The molecule has 0 aliphatic heterocycles. The minimum Gasteiger partial charge on any atom is -0.387 e. The van der Waals surface area contributed by atoms with E-state index in [1.807, 2.05) is 17.5 Å². The Morgan fingerprint density at radius 2 is 2.20 bits per heavy atom. The molecule has 0 saturated carbocycles. The Bertz CT molecular complexity index is 417. The number of hydrogen-bond acceptors (Lipinski definition) is 3. The van der Waals surface area contributed by atoms with Gasteiger partial charge >= 0.3 is 0 Å². The zero-order chi connectivity index (χ0) is 10.8. The summed E-state index contributed by atoms with van der Waals surface area (Å²) in [7, 11) is 0. The summed E-state index contributed by atoms with van der Waals surface area (Å²) in [5.74, 6) is 0. The molecule has 0 amide bonds. The first-order valence-corrected chi connectivity index (χ1v) is 7.65. The Hall–Kier alpha value is 0.320. The van der Waals surface area contributed by atoms with Crippen LogP contribution in [0.1, 0.15) is 16.5 Å². The van der Waals surface area contributed by atoms with Gasteiger partial charge in [0.1, 0.15) is 0 Å². The highest BCUT2D eigenvalue weighted by Crippen LogP contribution is 2.36. The predicted molar refractivity (Wildman–Crippen MR) is 72.7 cm³/mol. The van der Waals surface area contributed by atoms with Crippen molar-refractivity contribution in [3.8, 4) is 0 Å². The van der Waals surface area contributed by atoms with Crippen molar-refractivity contribution in [3.05, 3.63) is 41.6 Å². The maximum Gasteiger partial charge on any atom is 0.0923 e. The molecule has 0 aliphatic carbocycles. The highest BCUT2D eigenvalue weighted by atomic mass is 79.9. The van der Waals surface area contributed by atoms with E-state index in [9.17, 15) is 5.11 Å². The van der Waals surface area contributed by atoms with Crippen LogP contribution in [0.15, 0.2) is 31.2 Å². The average molecular weight is 368 g/mol. The lowest BCUT2D eigenvalue weighted by Crippen LogP contribution is -1.97. The van der Waals surface area contributed by atoms with E-state index in [1.165, 1.54) is 5.56 Å². The van der Waals surface area contributed by atoms with Gasteiger partial charge in [-0.1, -0.05) is 0 Å². The van der Waals surface area contributed by atoms with Gasteiger partial charge in [-0.15, -0.1) is 11.3 Å². The lowest BCUT2D eigenvalue weighted by atomic mass is 10.1. The van der Waals surface area contributed by atoms with Crippen LogP contribution in [-0.2, 0) is 6.42 Å². The van der Waals surface area contributed by atoms with Crippen LogP contribution in [0, 0.1) is 0 Å². The Kier molecular flexibility index (Phi) is 4.01. The van der Waals surface area contributed by atoms with Crippen molar-refractivity contribution >= 4 is 54.5 Å². The van der Waals surface area contributed by atoms with Gasteiger partial charge in [0.25, 0.3) is 0 Å². The van der Waals surface area contributed by atoms with Crippen molar-refractivity contribution in [1.82, 2.24) is 0 Å². The second kappa shape index (κ2) is 5.10. The van der Waals surface area contributed by atoms with Crippen LogP contribution in [0.5, 0.6) is 0 Å². The minimum atomic E-state index is -0.410. The van der Waals surface area contributed by atoms with E-state index in [-0.39, 0.29) is 0 Å². The second-order valence-corrected chi connectivity index (χ2v) is 7.16. The topological polar surface area (TPSA) is 20.2 Å². The fourth-order valence-electron chi connectivity index (χ4n) is 1.26. The van der Waals surface area contributed by atoms with Crippen LogP contribution < -0.4 is 0 Å². The highest BCUT2D eigenvalue weighted by molar-refractivity contribution is 9.13. The van der Waals surface area contributed by atoms with Gasteiger partial charge in [0, 0.05) is 15.8 Å². The Labute approximate surface area is 113 Å². The van der Waals surface area contributed by atoms with Gasteiger partial charge in [-0.25, -0.2) is 0 Å². The molecule has 0 bridgehead atoms. The maximum absolute atomic E-state index is 10.0. The van der Waals surface area contributed by atoms with Crippen molar-refractivity contribution in [1.29, 1.82) is 0 Å². The van der Waals surface area contributed by atoms with E-state index in [4.69, 9.17) is 0 Å². The van der Waals surface area contributed by atoms with Crippen molar-refractivity contribution in [3.63, 3.8) is 0 Å². The highest BCUT2D eigenvalue weighted by Gasteiger charge is 2.13. The summed E-state index contributed by atoms with van der Waals surface area (Å²) in [5.41, 5.74) is 1.19. The number of rotatable bonds is 3. The SMILES string of the molecule is OC(Cc1ccsc1)c1cc(Br)c(Br)s1. The molecule has 80 valence electrons. The van der Waals surface area contributed by atoms with Gasteiger partial charge in [0.15, 0.2) is 0 Å². The molecule has 1 unspecified atom stereocenters. The summed E-state index contributed by atoms with van der Waals surface area (Å²) in [6, 6.07) is 4.01. The van der Waals surface area contributed by atoms with Gasteiger partial charge in [-0.3, -0.25) is 0 Å². The smallest absolute Gasteiger partial charge is 0.0923 e. The molecule has 1 nitrogen and oxygen atoms in total. The van der Waals surface area contributed by atoms with Crippen molar-refractivity contribution in [2.75, 3.05) is 0 Å². The second-order valence-electron chi connectivity index (χ2n) is 3.12. The quantitative estimate of drug-likeness (QED) is 0.839. The number of aliphatic hydroxyl groups excluding tert-OH is 1. The molecule has 1 N–H and O–H groups in total. The number of hydrogen-bond donors (Lipinski definition) is 1. The van der Waals surface area contributed by atoms with Crippen LogP contribution >= 0.6 is 54.5 Å².